The molecular weight excluding hydrogens is 210 g/mol. The summed E-state index contributed by atoms with van der Waals surface area (Å²) in [5.41, 5.74) is 0. The molecule has 2 aliphatic rings. The number of carbonyl (C=O) groups is 1. The molecule has 3 unspecified atom stereocenters. The van der Waals surface area contributed by atoms with Crippen LogP contribution in [0.25, 0.3) is 0 Å². The largest absolute Gasteiger partial charge is 0.302 e. The lowest BCUT2D eigenvalue weighted by Crippen LogP contribution is -2.41. The van der Waals surface area contributed by atoms with Crippen LogP contribution in [0.3, 0.4) is 0 Å². The summed E-state index contributed by atoms with van der Waals surface area (Å²) >= 11 is 0. The molecule has 0 aromatic heterocycles. The quantitative estimate of drug-likeness (QED) is 0.751. The van der Waals surface area contributed by atoms with Crippen molar-refractivity contribution in [1.82, 2.24) is 4.90 Å². The fourth-order valence-corrected chi connectivity index (χ4v) is 3.51. The first-order chi connectivity index (χ1) is 8.19. The maximum absolute atomic E-state index is 12.0. The maximum atomic E-state index is 12.0. The third-order valence-corrected chi connectivity index (χ3v) is 4.67. The molecule has 1 aliphatic carbocycles. The zero-order valence-corrected chi connectivity index (χ0v) is 11.5. The highest BCUT2D eigenvalue weighted by atomic mass is 16.1. The Morgan fingerprint density at radius 1 is 1.35 bits per heavy atom. The number of likely N-dealkylation sites (tertiary alicyclic amines) is 1. The molecule has 1 saturated heterocycles. The molecule has 2 fully saturated rings. The van der Waals surface area contributed by atoms with Crippen LogP contribution in [0.15, 0.2) is 0 Å². The minimum atomic E-state index is 0.346. The van der Waals surface area contributed by atoms with Gasteiger partial charge in [0.1, 0.15) is 5.78 Å². The fourth-order valence-electron chi connectivity index (χ4n) is 3.51. The van der Waals surface area contributed by atoms with Crippen molar-refractivity contribution in [2.45, 2.75) is 52.4 Å². The van der Waals surface area contributed by atoms with Gasteiger partial charge in [-0.1, -0.05) is 20.3 Å². The van der Waals surface area contributed by atoms with E-state index in [1.54, 1.807) is 0 Å². The van der Waals surface area contributed by atoms with Crippen LogP contribution in [0.4, 0.5) is 0 Å². The Morgan fingerprint density at radius 3 is 2.88 bits per heavy atom. The molecule has 3 atom stereocenters. The predicted octanol–water partition coefficient (Wildman–Crippen LogP) is 3.11. The van der Waals surface area contributed by atoms with Crippen molar-refractivity contribution in [3.8, 4) is 0 Å². The van der Waals surface area contributed by atoms with Gasteiger partial charge in [0.25, 0.3) is 0 Å². The summed E-state index contributed by atoms with van der Waals surface area (Å²) in [5.74, 6) is 2.51. The van der Waals surface area contributed by atoms with E-state index in [1.807, 2.05) is 0 Å². The molecule has 0 amide bonds. The van der Waals surface area contributed by atoms with Crippen LogP contribution >= 0.6 is 0 Å². The molecule has 98 valence electrons. The average Bonchev–Trinajstić information content (AvgIpc) is 2.32. The zero-order valence-electron chi connectivity index (χ0n) is 11.5. The van der Waals surface area contributed by atoms with Crippen molar-refractivity contribution >= 4 is 5.78 Å². The molecule has 0 bridgehead atoms. The van der Waals surface area contributed by atoms with Crippen LogP contribution in [0.5, 0.6) is 0 Å². The van der Waals surface area contributed by atoms with Crippen molar-refractivity contribution < 1.29 is 4.79 Å². The second kappa shape index (κ2) is 5.99. The molecule has 1 saturated carbocycles. The van der Waals surface area contributed by atoms with Gasteiger partial charge >= 0.3 is 0 Å². The van der Waals surface area contributed by atoms with E-state index >= 15 is 0 Å². The lowest BCUT2D eigenvalue weighted by atomic mass is 9.79. The predicted molar refractivity (Wildman–Crippen MR) is 71.0 cm³/mol. The van der Waals surface area contributed by atoms with Gasteiger partial charge in [-0.3, -0.25) is 4.79 Å². The minimum absolute atomic E-state index is 0.346. The van der Waals surface area contributed by atoms with Gasteiger partial charge in [0.15, 0.2) is 0 Å². The van der Waals surface area contributed by atoms with E-state index in [0.717, 1.165) is 37.6 Å². The summed E-state index contributed by atoms with van der Waals surface area (Å²) in [6.45, 7) is 8.06. The zero-order chi connectivity index (χ0) is 12.3. The van der Waals surface area contributed by atoms with Crippen molar-refractivity contribution in [2.75, 3.05) is 19.6 Å². The number of nitrogens with zero attached hydrogens (tertiary/aromatic N) is 1. The Balaban J connectivity index is 1.85. The van der Waals surface area contributed by atoms with E-state index in [4.69, 9.17) is 0 Å². The van der Waals surface area contributed by atoms with Crippen LogP contribution in [0, 0.1) is 17.8 Å². The molecule has 2 rings (SSSR count). The third kappa shape index (κ3) is 3.54. The lowest BCUT2D eigenvalue weighted by Gasteiger charge is -2.35. The Kier molecular flexibility index (Phi) is 4.61. The van der Waals surface area contributed by atoms with Crippen LogP contribution in [0.2, 0.25) is 0 Å². The van der Waals surface area contributed by atoms with Gasteiger partial charge in [0, 0.05) is 25.4 Å². The molecule has 2 heteroatoms. The Labute approximate surface area is 106 Å². The first kappa shape index (κ1) is 13.1. The van der Waals surface area contributed by atoms with Crippen LogP contribution in [-0.4, -0.2) is 30.3 Å². The summed E-state index contributed by atoms with van der Waals surface area (Å²) in [6.07, 6.45) is 7.07. The van der Waals surface area contributed by atoms with E-state index in [9.17, 15) is 4.79 Å². The molecule has 0 aromatic carbocycles. The molecule has 17 heavy (non-hydrogen) atoms. The van der Waals surface area contributed by atoms with E-state index in [0.29, 0.717) is 11.7 Å². The second-order valence-corrected chi connectivity index (χ2v) is 6.22. The number of carbonyl (C=O) groups excluding carboxylic acids is 1. The monoisotopic (exact) mass is 237 g/mol. The van der Waals surface area contributed by atoms with Gasteiger partial charge in [-0.05, 0) is 44.1 Å². The summed E-state index contributed by atoms with van der Waals surface area (Å²) < 4.78 is 0. The second-order valence-electron chi connectivity index (χ2n) is 6.22. The molecule has 0 N–H and O–H groups in total. The number of hydrogen-bond acceptors (Lipinski definition) is 2. The molecular formula is C15H27NO. The first-order valence-electron chi connectivity index (χ1n) is 7.44. The lowest BCUT2D eigenvalue weighted by molar-refractivity contribution is -0.126. The summed E-state index contributed by atoms with van der Waals surface area (Å²) in [5, 5.41) is 0. The van der Waals surface area contributed by atoms with Gasteiger partial charge in [-0.15, -0.1) is 0 Å². The smallest absolute Gasteiger partial charge is 0.137 e. The highest BCUT2D eigenvalue weighted by molar-refractivity contribution is 5.81. The Bertz CT molecular complexity index is 264. The average molecular weight is 237 g/mol. The Hall–Kier alpha value is -0.370. The SMILES string of the molecule is CCC1CCC(=O)C(CN2CCCC(C)C2)C1. The highest BCUT2D eigenvalue weighted by Gasteiger charge is 2.30. The number of hydrogen-bond donors (Lipinski definition) is 0. The topological polar surface area (TPSA) is 20.3 Å². The van der Waals surface area contributed by atoms with Crippen molar-refractivity contribution in [1.29, 1.82) is 0 Å². The van der Waals surface area contributed by atoms with Crippen LogP contribution in [0.1, 0.15) is 52.4 Å². The first-order valence-corrected chi connectivity index (χ1v) is 7.44. The molecule has 0 radical (unpaired) electrons. The Morgan fingerprint density at radius 2 is 2.18 bits per heavy atom. The molecule has 0 spiro atoms. The third-order valence-electron chi connectivity index (χ3n) is 4.67. The highest BCUT2D eigenvalue weighted by Crippen LogP contribution is 2.30. The number of piperidine rings is 1. The van der Waals surface area contributed by atoms with Gasteiger partial charge < -0.3 is 4.90 Å². The summed E-state index contributed by atoms with van der Waals surface area (Å²) in [4.78, 5) is 14.5. The van der Waals surface area contributed by atoms with Crippen molar-refractivity contribution in [3.05, 3.63) is 0 Å². The van der Waals surface area contributed by atoms with Crippen molar-refractivity contribution in [2.24, 2.45) is 17.8 Å². The minimum Gasteiger partial charge on any atom is -0.302 e. The van der Waals surface area contributed by atoms with Gasteiger partial charge in [0.2, 0.25) is 0 Å². The van der Waals surface area contributed by atoms with E-state index in [-0.39, 0.29) is 0 Å². The molecule has 0 aromatic rings. The normalized spacial score (nSPS) is 36.1. The van der Waals surface area contributed by atoms with E-state index in [2.05, 4.69) is 18.7 Å². The summed E-state index contributed by atoms with van der Waals surface area (Å²) in [6, 6.07) is 0. The molecule has 2 nitrogen and oxygen atoms in total. The van der Waals surface area contributed by atoms with E-state index < -0.39 is 0 Å². The number of ketones is 1. The number of rotatable bonds is 3. The van der Waals surface area contributed by atoms with Gasteiger partial charge in [0.05, 0.1) is 0 Å². The number of Topliss-reactive ketones (excluding diaryl/α,β-unsaturated/α-hetero) is 1. The standard InChI is InChI=1S/C15H27NO/c1-3-13-6-7-15(17)14(9-13)11-16-8-4-5-12(2)10-16/h12-14H,3-11H2,1-2H3. The summed E-state index contributed by atoms with van der Waals surface area (Å²) in [7, 11) is 0. The van der Waals surface area contributed by atoms with Crippen LogP contribution in [-0.2, 0) is 4.79 Å². The van der Waals surface area contributed by atoms with Gasteiger partial charge in [-0.25, -0.2) is 0 Å². The molecule has 1 aliphatic heterocycles. The van der Waals surface area contributed by atoms with Crippen molar-refractivity contribution in [3.63, 3.8) is 0 Å². The fraction of sp³-hybridized carbons (Fsp3) is 0.933. The van der Waals surface area contributed by atoms with E-state index in [1.165, 1.54) is 32.4 Å². The van der Waals surface area contributed by atoms with Crippen LogP contribution < -0.4 is 0 Å². The molecule has 1 heterocycles. The van der Waals surface area contributed by atoms with Gasteiger partial charge in [-0.2, -0.15) is 0 Å². The maximum Gasteiger partial charge on any atom is 0.137 e.